The standard InChI is InChI=1S/C14H9N5O2/c20-12-7-11(10-3-1-2-4-15-10)18-13-9(8-17-19(12)13)14-16-5-6-21-14/h1-8,17H. The topological polar surface area (TPSA) is 89.1 Å². The average Bonchev–Trinajstić information content (AvgIpc) is 3.16. The number of nitrogens with one attached hydrogen (secondary N) is 1. The molecule has 1 N–H and O–H groups in total. The molecular formula is C14H9N5O2. The van der Waals surface area contributed by atoms with E-state index in [4.69, 9.17) is 4.42 Å². The molecule has 0 aromatic carbocycles. The van der Waals surface area contributed by atoms with Crippen molar-refractivity contribution in [2.45, 2.75) is 0 Å². The Hall–Kier alpha value is -3.22. The van der Waals surface area contributed by atoms with Gasteiger partial charge in [0.2, 0.25) is 5.89 Å². The summed E-state index contributed by atoms with van der Waals surface area (Å²) in [6, 6.07) is 6.89. The van der Waals surface area contributed by atoms with Gasteiger partial charge < -0.3 is 4.42 Å². The normalized spacial score (nSPS) is 11.0. The fraction of sp³-hybridized carbons (Fsp3) is 0. The third kappa shape index (κ3) is 1.83. The molecule has 0 bridgehead atoms. The van der Waals surface area contributed by atoms with Gasteiger partial charge in [0.1, 0.15) is 6.26 Å². The smallest absolute Gasteiger partial charge is 0.273 e. The van der Waals surface area contributed by atoms with Gasteiger partial charge in [-0.2, -0.15) is 0 Å². The highest BCUT2D eigenvalue weighted by Gasteiger charge is 2.14. The van der Waals surface area contributed by atoms with Crippen LogP contribution in [0.1, 0.15) is 0 Å². The van der Waals surface area contributed by atoms with Gasteiger partial charge in [0.05, 0.1) is 23.1 Å². The lowest BCUT2D eigenvalue weighted by atomic mass is 10.2. The maximum absolute atomic E-state index is 12.2. The van der Waals surface area contributed by atoms with Crippen LogP contribution < -0.4 is 5.56 Å². The number of aromatic amines is 1. The predicted octanol–water partition coefficient (Wildman–Crippen LogP) is 1.74. The highest BCUT2D eigenvalue weighted by atomic mass is 16.3. The average molecular weight is 279 g/mol. The number of oxazole rings is 1. The molecule has 0 saturated carbocycles. The second kappa shape index (κ2) is 4.41. The van der Waals surface area contributed by atoms with Crippen LogP contribution in [0.2, 0.25) is 0 Å². The first-order valence-electron chi connectivity index (χ1n) is 6.25. The van der Waals surface area contributed by atoms with Crippen molar-refractivity contribution >= 4 is 5.65 Å². The van der Waals surface area contributed by atoms with E-state index in [-0.39, 0.29) is 5.56 Å². The summed E-state index contributed by atoms with van der Waals surface area (Å²) in [5, 5.41) is 2.84. The lowest BCUT2D eigenvalue weighted by Crippen LogP contribution is -2.14. The second-order valence-electron chi connectivity index (χ2n) is 4.38. The molecule has 0 amide bonds. The molecule has 0 unspecified atom stereocenters. The highest BCUT2D eigenvalue weighted by Crippen LogP contribution is 2.22. The van der Waals surface area contributed by atoms with Crippen LogP contribution in [0.3, 0.4) is 0 Å². The maximum atomic E-state index is 12.2. The third-order valence-corrected chi connectivity index (χ3v) is 3.09. The summed E-state index contributed by atoms with van der Waals surface area (Å²) in [6.45, 7) is 0. The summed E-state index contributed by atoms with van der Waals surface area (Å²) in [4.78, 5) is 25.0. The van der Waals surface area contributed by atoms with E-state index in [2.05, 4.69) is 20.1 Å². The van der Waals surface area contributed by atoms with Gasteiger partial charge >= 0.3 is 0 Å². The molecule has 4 rings (SSSR count). The molecule has 0 aliphatic rings. The molecule has 7 nitrogen and oxygen atoms in total. The van der Waals surface area contributed by atoms with Gasteiger partial charge in [0.15, 0.2) is 5.65 Å². The number of rotatable bonds is 2. The number of nitrogens with zero attached hydrogens (tertiary/aromatic N) is 4. The summed E-state index contributed by atoms with van der Waals surface area (Å²) < 4.78 is 6.61. The first-order valence-corrected chi connectivity index (χ1v) is 6.25. The first kappa shape index (κ1) is 11.6. The number of hydrogen-bond acceptors (Lipinski definition) is 5. The van der Waals surface area contributed by atoms with Crippen LogP contribution in [0.5, 0.6) is 0 Å². The van der Waals surface area contributed by atoms with E-state index in [0.717, 1.165) is 0 Å². The van der Waals surface area contributed by atoms with Crippen molar-refractivity contribution in [3.63, 3.8) is 0 Å². The van der Waals surface area contributed by atoms with Crippen LogP contribution in [0.4, 0.5) is 0 Å². The summed E-state index contributed by atoms with van der Waals surface area (Å²) in [5.41, 5.74) is 1.99. The Labute approximate surface area is 117 Å². The molecular weight excluding hydrogens is 270 g/mol. The van der Waals surface area contributed by atoms with Gasteiger partial charge in [0, 0.05) is 18.5 Å². The van der Waals surface area contributed by atoms with Crippen molar-refractivity contribution in [1.29, 1.82) is 0 Å². The molecule has 0 fully saturated rings. The minimum atomic E-state index is -0.224. The van der Waals surface area contributed by atoms with E-state index in [1.807, 2.05) is 12.1 Å². The molecule has 4 aromatic heterocycles. The van der Waals surface area contributed by atoms with Gasteiger partial charge in [0.25, 0.3) is 5.56 Å². The molecule has 0 saturated heterocycles. The van der Waals surface area contributed by atoms with Gasteiger partial charge in [-0.25, -0.2) is 14.5 Å². The summed E-state index contributed by atoms with van der Waals surface area (Å²) in [6.07, 6.45) is 6.31. The van der Waals surface area contributed by atoms with Crippen LogP contribution in [0, 0.1) is 0 Å². The minimum absolute atomic E-state index is 0.224. The Kier molecular flexibility index (Phi) is 2.43. The second-order valence-corrected chi connectivity index (χ2v) is 4.38. The van der Waals surface area contributed by atoms with E-state index in [9.17, 15) is 4.79 Å². The quantitative estimate of drug-likeness (QED) is 0.603. The summed E-state index contributed by atoms with van der Waals surface area (Å²) in [7, 11) is 0. The van der Waals surface area contributed by atoms with Crippen molar-refractivity contribution in [2.24, 2.45) is 0 Å². The number of fused-ring (bicyclic) bond motifs is 1. The molecule has 102 valence electrons. The molecule has 0 radical (unpaired) electrons. The Morgan fingerprint density at radius 1 is 1.14 bits per heavy atom. The van der Waals surface area contributed by atoms with Crippen molar-refractivity contribution in [3.05, 3.63) is 59.5 Å². The van der Waals surface area contributed by atoms with E-state index in [1.165, 1.54) is 16.8 Å². The van der Waals surface area contributed by atoms with E-state index >= 15 is 0 Å². The van der Waals surface area contributed by atoms with Crippen LogP contribution in [0.15, 0.2) is 58.3 Å². The zero-order chi connectivity index (χ0) is 14.2. The number of pyridine rings is 1. The lowest BCUT2D eigenvalue weighted by molar-refractivity contribution is 0.575. The van der Waals surface area contributed by atoms with Gasteiger partial charge in [-0.3, -0.25) is 14.9 Å². The number of H-pyrrole nitrogens is 1. The van der Waals surface area contributed by atoms with Crippen LogP contribution in [-0.4, -0.2) is 24.6 Å². The number of hydrogen-bond donors (Lipinski definition) is 1. The zero-order valence-electron chi connectivity index (χ0n) is 10.7. The number of aromatic nitrogens is 5. The minimum Gasteiger partial charge on any atom is -0.444 e. The van der Waals surface area contributed by atoms with Crippen molar-refractivity contribution in [1.82, 2.24) is 24.6 Å². The van der Waals surface area contributed by atoms with E-state index in [0.29, 0.717) is 28.5 Å². The van der Waals surface area contributed by atoms with Gasteiger partial charge in [-0.1, -0.05) is 6.07 Å². The van der Waals surface area contributed by atoms with E-state index in [1.54, 1.807) is 24.7 Å². The fourth-order valence-electron chi connectivity index (χ4n) is 2.14. The zero-order valence-corrected chi connectivity index (χ0v) is 10.7. The Bertz CT molecular complexity index is 954. The molecule has 0 spiro atoms. The molecule has 21 heavy (non-hydrogen) atoms. The summed E-state index contributed by atoms with van der Waals surface area (Å²) in [5.74, 6) is 0.402. The molecule has 4 heterocycles. The lowest BCUT2D eigenvalue weighted by Gasteiger charge is -2.00. The van der Waals surface area contributed by atoms with Crippen LogP contribution in [0.25, 0.3) is 28.5 Å². The van der Waals surface area contributed by atoms with E-state index < -0.39 is 0 Å². The van der Waals surface area contributed by atoms with Crippen molar-refractivity contribution in [3.8, 4) is 22.8 Å². The first-order chi connectivity index (χ1) is 10.3. The molecule has 0 aliphatic heterocycles. The van der Waals surface area contributed by atoms with Crippen LogP contribution in [-0.2, 0) is 0 Å². The van der Waals surface area contributed by atoms with Crippen molar-refractivity contribution in [2.75, 3.05) is 0 Å². The maximum Gasteiger partial charge on any atom is 0.273 e. The Morgan fingerprint density at radius 2 is 2.10 bits per heavy atom. The monoisotopic (exact) mass is 279 g/mol. The molecule has 0 aliphatic carbocycles. The SMILES string of the molecule is O=c1cc(-c2ccccn2)nc2c(-c3ncco3)c[nH]n12. The highest BCUT2D eigenvalue weighted by molar-refractivity contribution is 5.72. The van der Waals surface area contributed by atoms with Crippen molar-refractivity contribution < 1.29 is 4.42 Å². The summed E-state index contributed by atoms with van der Waals surface area (Å²) >= 11 is 0. The van der Waals surface area contributed by atoms with Gasteiger partial charge in [-0.05, 0) is 12.1 Å². The third-order valence-electron chi connectivity index (χ3n) is 3.09. The van der Waals surface area contributed by atoms with Crippen LogP contribution >= 0.6 is 0 Å². The molecule has 4 aromatic rings. The fourth-order valence-corrected chi connectivity index (χ4v) is 2.14. The van der Waals surface area contributed by atoms with Gasteiger partial charge in [-0.15, -0.1) is 0 Å². The predicted molar refractivity (Wildman–Crippen MR) is 74.5 cm³/mol. The molecule has 0 atom stereocenters. The Morgan fingerprint density at radius 3 is 2.86 bits per heavy atom. The Balaban J connectivity index is 2.00. The largest absolute Gasteiger partial charge is 0.444 e. The molecule has 7 heteroatoms.